The molecule has 2 atom stereocenters. The molecule has 0 aliphatic carbocycles. The molecule has 1 fully saturated rings. The van der Waals surface area contributed by atoms with Crippen LogP contribution in [0, 0.1) is 0 Å². The quantitative estimate of drug-likeness (QED) is 0.797. The third-order valence-electron chi connectivity index (χ3n) is 4.61. The maximum Gasteiger partial charge on any atom is 0.417 e. The average Bonchev–Trinajstić information content (AvgIpc) is 2.71. The topological polar surface area (TPSA) is 53.5 Å². The number of alkyl halides is 3. The molecule has 3 heterocycles. The Balaban J connectivity index is 1.89. The van der Waals surface area contributed by atoms with Crippen molar-refractivity contribution in [2.24, 2.45) is 0 Å². The van der Waals surface area contributed by atoms with Crippen molar-refractivity contribution >= 4 is 22.5 Å². The molecule has 1 saturated heterocycles. The second-order valence-corrected chi connectivity index (χ2v) is 7.86. The highest BCUT2D eigenvalue weighted by Gasteiger charge is 2.37. The van der Waals surface area contributed by atoms with Gasteiger partial charge in [-0.25, -0.2) is 4.98 Å². The molecule has 2 aliphatic rings. The van der Waals surface area contributed by atoms with Crippen molar-refractivity contribution in [2.75, 3.05) is 30.3 Å². The van der Waals surface area contributed by atoms with E-state index >= 15 is 0 Å². The maximum atomic E-state index is 12.9. The van der Waals surface area contributed by atoms with Gasteiger partial charge in [0.1, 0.15) is 5.82 Å². The largest absolute Gasteiger partial charge is 0.417 e. The van der Waals surface area contributed by atoms with E-state index in [9.17, 15) is 22.2 Å². The van der Waals surface area contributed by atoms with Crippen LogP contribution >= 0.6 is 0 Å². The summed E-state index contributed by atoms with van der Waals surface area (Å²) < 4.78 is 51.2. The Hall–Kier alpha value is -1.64. The summed E-state index contributed by atoms with van der Waals surface area (Å²) in [5, 5.41) is 0. The molecule has 1 aromatic heterocycles. The number of anilines is 1. The highest BCUT2D eigenvalue weighted by Crippen LogP contribution is 2.36. The number of piperazine rings is 1. The Morgan fingerprint density at radius 3 is 2.84 bits per heavy atom. The molecule has 1 aromatic rings. The number of nitrogens with zero attached hydrogens (tertiary/aromatic N) is 3. The molecule has 138 valence electrons. The first-order valence-electron chi connectivity index (χ1n) is 8.31. The predicted molar refractivity (Wildman–Crippen MR) is 87.8 cm³/mol. The van der Waals surface area contributed by atoms with Crippen LogP contribution in [0.15, 0.2) is 17.2 Å². The molecular weight excluding hydrogens is 355 g/mol. The number of aromatic nitrogens is 1. The van der Waals surface area contributed by atoms with Gasteiger partial charge in [0.15, 0.2) is 0 Å². The summed E-state index contributed by atoms with van der Waals surface area (Å²) in [6.45, 7) is 3.44. The van der Waals surface area contributed by atoms with Crippen LogP contribution in [0.25, 0.3) is 0 Å². The smallest absolute Gasteiger partial charge is 0.349 e. The number of pyridine rings is 1. The fourth-order valence-corrected chi connectivity index (χ4v) is 4.65. The van der Waals surface area contributed by atoms with Crippen LogP contribution in [-0.4, -0.2) is 51.4 Å². The molecule has 5 nitrogen and oxygen atoms in total. The van der Waals surface area contributed by atoms with Gasteiger partial charge in [0, 0.05) is 44.0 Å². The third kappa shape index (κ3) is 3.65. The molecule has 25 heavy (non-hydrogen) atoms. The summed E-state index contributed by atoms with van der Waals surface area (Å²) in [5.74, 6) is 0.719. The van der Waals surface area contributed by atoms with Gasteiger partial charge in [0.25, 0.3) is 0 Å². The zero-order valence-electron chi connectivity index (χ0n) is 13.9. The van der Waals surface area contributed by atoms with Crippen LogP contribution in [0.1, 0.15) is 31.7 Å². The predicted octanol–water partition coefficient (Wildman–Crippen LogP) is 2.43. The summed E-state index contributed by atoms with van der Waals surface area (Å²) in [6.07, 6.45) is -1.89. The van der Waals surface area contributed by atoms with Gasteiger partial charge in [-0.2, -0.15) is 13.2 Å². The molecule has 0 aromatic carbocycles. The van der Waals surface area contributed by atoms with Crippen molar-refractivity contribution in [1.29, 1.82) is 0 Å². The molecule has 1 amide bonds. The first-order valence-corrected chi connectivity index (χ1v) is 9.63. The monoisotopic (exact) mass is 375 g/mol. The van der Waals surface area contributed by atoms with E-state index < -0.39 is 22.5 Å². The average molecular weight is 375 g/mol. The highest BCUT2D eigenvalue weighted by molar-refractivity contribution is 7.85. The molecule has 3 rings (SSSR count). The van der Waals surface area contributed by atoms with Crippen molar-refractivity contribution in [2.45, 2.75) is 43.3 Å². The number of halogens is 3. The first kappa shape index (κ1) is 18.2. The van der Waals surface area contributed by atoms with Gasteiger partial charge in [-0.3, -0.25) is 9.00 Å². The zero-order valence-corrected chi connectivity index (χ0v) is 14.7. The second kappa shape index (κ2) is 6.93. The summed E-state index contributed by atoms with van der Waals surface area (Å²) in [4.78, 5) is 20.0. The number of amides is 1. The van der Waals surface area contributed by atoms with Crippen molar-refractivity contribution in [1.82, 2.24) is 9.88 Å². The maximum absolute atomic E-state index is 12.9. The molecular formula is C16H20F3N3O2S. The van der Waals surface area contributed by atoms with Gasteiger partial charge in [-0.05, 0) is 18.9 Å². The van der Waals surface area contributed by atoms with Crippen LogP contribution in [-0.2, 0) is 21.8 Å². The molecule has 0 radical (unpaired) electrons. The standard InChI is InChI=1S/C16H20F3N3O2S/c1-2-3-14(23)21-5-6-22-12(10-21)4-7-25(24)13-8-11(16(17,18)19)9-20-15(13)22/h8-9,12H,2-7,10H2,1H3. The van der Waals surface area contributed by atoms with Crippen LogP contribution in [0.5, 0.6) is 0 Å². The Kier molecular flexibility index (Phi) is 5.04. The highest BCUT2D eigenvalue weighted by atomic mass is 32.2. The lowest BCUT2D eigenvalue weighted by Gasteiger charge is -2.41. The fraction of sp³-hybridized carbons (Fsp3) is 0.625. The minimum absolute atomic E-state index is 0.0657. The van der Waals surface area contributed by atoms with E-state index in [0.29, 0.717) is 38.3 Å². The van der Waals surface area contributed by atoms with Crippen LogP contribution in [0.3, 0.4) is 0 Å². The molecule has 0 bridgehead atoms. The van der Waals surface area contributed by atoms with E-state index in [1.54, 1.807) is 4.90 Å². The SMILES string of the molecule is CCCC(=O)N1CCN2c3ncc(C(F)(F)F)cc3S(=O)CCC2C1. The molecule has 2 unspecified atom stereocenters. The van der Waals surface area contributed by atoms with Gasteiger partial charge in [-0.15, -0.1) is 0 Å². The third-order valence-corrected chi connectivity index (χ3v) is 6.01. The van der Waals surface area contributed by atoms with Crippen LogP contribution in [0.2, 0.25) is 0 Å². The Morgan fingerprint density at radius 1 is 1.40 bits per heavy atom. The minimum atomic E-state index is -4.51. The van der Waals surface area contributed by atoms with Crippen LogP contribution in [0.4, 0.5) is 19.0 Å². The normalized spacial score (nSPS) is 23.7. The minimum Gasteiger partial charge on any atom is -0.349 e. The zero-order chi connectivity index (χ0) is 18.2. The first-order chi connectivity index (χ1) is 11.8. The summed E-state index contributed by atoms with van der Waals surface area (Å²) in [5.41, 5.74) is -0.880. The summed E-state index contributed by atoms with van der Waals surface area (Å²) in [6, 6.07) is 0.888. The number of fused-ring (bicyclic) bond motifs is 3. The van der Waals surface area contributed by atoms with Gasteiger partial charge < -0.3 is 9.80 Å². The summed E-state index contributed by atoms with van der Waals surface area (Å²) >= 11 is 0. The van der Waals surface area contributed by atoms with E-state index in [1.807, 2.05) is 11.8 Å². The number of carbonyl (C=O) groups excluding carboxylic acids is 1. The van der Waals surface area contributed by atoms with Crippen molar-refractivity contribution in [3.05, 3.63) is 17.8 Å². The number of hydrogen-bond donors (Lipinski definition) is 0. The van der Waals surface area contributed by atoms with Crippen molar-refractivity contribution in [3.8, 4) is 0 Å². The van der Waals surface area contributed by atoms with E-state index in [0.717, 1.165) is 18.7 Å². The number of carbonyl (C=O) groups is 1. The number of rotatable bonds is 2. The fourth-order valence-electron chi connectivity index (χ4n) is 3.31. The van der Waals surface area contributed by atoms with E-state index in [-0.39, 0.29) is 22.6 Å². The lowest BCUT2D eigenvalue weighted by molar-refractivity contribution is -0.138. The lowest BCUT2D eigenvalue weighted by atomic mass is 10.1. The van der Waals surface area contributed by atoms with Gasteiger partial charge in [0.2, 0.25) is 5.91 Å². The van der Waals surface area contributed by atoms with Gasteiger partial charge in [0.05, 0.1) is 21.3 Å². The van der Waals surface area contributed by atoms with E-state index in [1.165, 1.54) is 0 Å². The molecule has 0 spiro atoms. The van der Waals surface area contributed by atoms with Crippen LogP contribution < -0.4 is 4.90 Å². The lowest BCUT2D eigenvalue weighted by Crippen LogP contribution is -2.55. The molecule has 2 aliphatic heterocycles. The summed E-state index contributed by atoms with van der Waals surface area (Å²) in [7, 11) is -1.53. The van der Waals surface area contributed by atoms with Gasteiger partial charge >= 0.3 is 6.18 Å². The van der Waals surface area contributed by atoms with Gasteiger partial charge in [-0.1, -0.05) is 6.92 Å². The molecule has 0 N–H and O–H groups in total. The molecule has 9 heteroatoms. The van der Waals surface area contributed by atoms with E-state index in [2.05, 4.69) is 4.98 Å². The Morgan fingerprint density at radius 2 is 2.16 bits per heavy atom. The second-order valence-electron chi connectivity index (χ2n) is 6.32. The number of hydrogen-bond acceptors (Lipinski definition) is 4. The van der Waals surface area contributed by atoms with Crippen molar-refractivity contribution in [3.63, 3.8) is 0 Å². The molecule has 0 saturated carbocycles. The Bertz CT molecular complexity index is 696. The van der Waals surface area contributed by atoms with E-state index in [4.69, 9.17) is 0 Å². The Labute approximate surface area is 146 Å². The van der Waals surface area contributed by atoms with Crippen molar-refractivity contribution < 1.29 is 22.2 Å².